The Morgan fingerprint density at radius 3 is 2.31 bits per heavy atom. The lowest BCUT2D eigenvalue weighted by Gasteiger charge is -2.25. The van der Waals surface area contributed by atoms with Crippen molar-refractivity contribution < 1.29 is 14.3 Å². The van der Waals surface area contributed by atoms with Crippen LogP contribution in [0.2, 0.25) is 0 Å². The van der Waals surface area contributed by atoms with Gasteiger partial charge in [0, 0.05) is 10.7 Å². The van der Waals surface area contributed by atoms with Gasteiger partial charge in [-0.2, -0.15) is 0 Å². The number of alkyl halides is 1. The van der Waals surface area contributed by atoms with Crippen LogP contribution in [0.25, 0.3) is 0 Å². The third kappa shape index (κ3) is 2.05. The fourth-order valence-electron chi connectivity index (χ4n) is 0.970. The molecule has 76 valence electrons. The van der Waals surface area contributed by atoms with Gasteiger partial charge in [-0.15, -0.1) is 0 Å². The van der Waals surface area contributed by atoms with Gasteiger partial charge in [-0.05, 0) is 6.92 Å². The van der Waals surface area contributed by atoms with Gasteiger partial charge in [0.25, 0.3) is 0 Å². The van der Waals surface area contributed by atoms with Gasteiger partial charge in [-0.1, -0.05) is 36.7 Å². The van der Waals surface area contributed by atoms with Crippen molar-refractivity contribution in [2.75, 3.05) is 5.33 Å². The van der Waals surface area contributed by atoms with E-state index in [2.05, 4.69) is 15.9 Å². The number of halogens is 1. The van der Waals surface area contributed by atoms with Crippen LogP contribution < -0.4 is 0 Å². The lowest BCUT2D eigenvalue weighted by atomic mass is 9.96. The Kier molecular flexibility index (Phi) is 2.74. The maximum Gasteiger partial charge on any atom is 0.341 e. The minimum absolute atomic E-state index is 0.171. The Morgan fingerprint density at radius 1 is 1.54 bits per heavy atom. The quantitative estimate of drug-likeness (QED) is 0.528. The summed E-state index contributed by atoms with van der Waals surface area (Å²) in [6.07, 6.45) is -0.442. The molecule has 1 rings (SSSR count). The summed E-state index contributed by atoms with van der Waals surface area (Å²) in [5, 5.41) is 0.464. The second-order valence-corrected chi connectivity index (χ2v) is 5.15. The molecule has 1 aliphatic rings. The molecule has 0 spiro atoms. The van der Waals surface area contributed by atoms with E-state index in [1.807, 2.05) is 20.8 Å². The van der Waals surface area contributed by atoms with Crippen LogP contribution in [-0.4, -0.2) is 23.2 Å². The zero-order chi connectivity index (χ0) is 10.3. The van der Waals surface area contributed by atoms with Crippen molar-refractivity contribution in [2.45, 2.75) is 39.6 Å². The zero-order valence-electron chi connectivity index (χ0n) is 8.39. The van der Waals surface area contributed by atoms with E-state index < -0.39 is 11.9 Å². The summed E-state index contributed by atoms with van der Waals surface area (Å²) in [4.78, 5) is 11.4. The second kappa shape index (κ2) is 3.24. The third-order valence-corrected chi connectivity index (χ3v) is 3.05. The van der Waals surface area contributed by atoms with Gasteiger partial charge in [0.05, 0.1) is 0 Å². The standard InChI is InChI=1S/C9H15BrO3/c1-8(2,3)7-12-6(11)9(4,5-10)13-7/h7H,5H2,1-4H3/t7-,9+/m1/s1. The van der Waals surface area contributed by atoms with Gasteiger partial charge < -0.3 is 9.47 Å². The molecule has 1 fully saturated rings. The molecule has 1 heterocycles. The number of cyclic esters (lactones) is 1. The van der Waals surface area contributed by atoms with Gasteiger partial charge in [-0.3, -0.25) is 0 Å². The third-order valence-electron chi connectivity index (χ3n) is 1.98. The van der Waals surface area contributed by atoms with Crippen molar-refractivity contribution in [3.05, 3.63) is 0 Å². The minimum atomic E-state index is -0.821. The molecule has 13 heavy (non-hydrogen) atoms. The van der Waals surface area contributed by atoms with Crippen LogP contribution in [0.5, 0.6) is 0 Å². The van der Waals surface area contributed by atoms with Crippen LogP contribution in [0, 0.1) is 5.41 Å². The summed E-state index contributed by atoms with van der Waals surface area (Å²) in [6.45, 7) is 7.66. The number of hydrogen-bond donors (Lipinski definition) is 0. The highest BCUT2D eigenvalue weighted by Gasteiger charge is 2.49. The van der Waals surface area contributed by atoms with E-state index in [9.17, 15) is 4.79 Å². The zero-order valence-corrected chi connectivity index (χ0v) is 9.97. The molecule has 0 saturated carbocycles. The average Bonchev–Trinajstić information content (AvgIpc) is 2.29. The normalized spacial score (nSPS) is 34.8. The fourth-order valence-corrected chi connectivity index (χ4v) is 1.33. The van der Waals surface area contributed by atoms with E-state index in [0.717, 1.165) is 0 Å². The summed E-state index contributed by atoms with van der Waals surface area (Å²) in [7, 11) is 0. The van der Waals surface area contributed by atoms with Gasteiger partial charge in [0.15, 0.2) is 5.60 Å². The first-order valence-corrected chi connectivity index (χ1v) is 5.36. The SMILES string of the molecule is CC(C)(C)[C@@H]1OC(=O)[C@](C)(CBr)O1. The van der Waals surface area contributed by atoms with Crippen molar-refractivity contribution in [1.29, 1.82) is 0 Å². The van der Waals surface area contributed by atoms with Crippen molar-refractivity contribution in [3.63, 3.8) is 0 Å². The van der Waals surface area contributed by atoms with Crippen molar-refractivity contribution in [3.8, 4) is 0 Å². The monoisotopic (exact) mass is 250 g/mol. The maximum atomic E-state index is 11.4. The number of carbonyl (C=O) groups is 1. The lowest BCUT2D eigenvalue weighted by Crippen LogP contribution is -2.35. The molecule has 0 aromatic heterocycles. The number of hydrogen-bond acceptors (Lipinski definition) is 3. The predicted octanol–water partition coefficient (Wildman–Crippen LogP) is 2.09. The molecule has 0 aromatic carbocycles. The van der Waals surface area contributed by atoms with Crippen molar-refractivity contribution in [1.82, 2.24) is 0 Å². The number of carbonyl (C=O) groups excluding carboxylic acids is 1. The van der Waals surface area contributed by atoms with Gasteiger partial charge >= 0.3 is 5.97 Å². The fraction of sp³-hybridized carbons (Fsp3) is 0.889. The number of ether oxygens (including phenoxy) is 2. The van der Waals surface area contributed by atoms with E-state index in [1.54, 1.807) is 6.92 Å². The predicted molar refractivity (Wildman–Crippen MR) is 52.6 cm³/mol. The first kappa shape index (κ1) is 11.0. The summed E-state index contributed by atoms with van der Waals surface area (Å²) in [5.41, 5.74) is -0.993. The highest BCUT2D eigenvalue weighted by molar-refractivity contribution is 9.09. The summed E-state index contributed by atoms with van der Waals surface area (Å²) >= 11 is 3.24. The molecule has 0 aromatic rings. The smallest absolute Gasteiger partial charge is 0.341 e. The van der Waals surface area contributed by atoms with E-state index >= 15 is 0 Å². The average molecular weight is 251 g/mol. The Labute approximate surface area is 86.9 Å². The Bertz CT molecular complexity index is 221. The Morgan fingerprint density at radius 2 is 2.08 bits per heavy atom. The van der Waals surface area contributed by atoms with Crippen LogP contribution in [0.4, 0.5) is 0 Å². The number of esters is 1. The molecular weight excluding hydrogens is 236 g/mol. The molecule has 0 unspecified atom stereocenters. The molecule has 0 aliphatic carbocycles. The van der Waals surface area contributed by atoms with E-state index in [-0.39, 0.29) is 11.4 Å². The minimum Gasteiger partial charge on any atom is -0.433 e. The van der Waals surface area contributed by atoms with Gasteiger partial charge in [-0.25, -0.2) is 4.79 Å². The summed E-state index contributed by atoms with van der Waals surface area (Å²) in [5.74, 6) is -0.288. The number of rotatable bonds is 1. The van der Waals surface area contributed by atoms with Crippen LogP contribution in [0.1, 0.15) is 27.7 Å². The molecule has 0 N–H and O–H groups in total. The topological polar surface area (TPSA) is 35.5 Å². The molecule has 2 atom stereocenters. The molecule has 4 heteroatoms. The molecule has 3 nitrogen and oxygen atoms in total. The largest absolute Gasteiger partial charge is 0.433 e. The van der Waals surface area contributed by atoms with E-state index in [1.165, 1.54) is 0 Å². The lowest BCUT2D eigenvalue weighted by molar-refractivity contribution is -0.155. The summed E-state index contributed by atoms with van der Waals surface area (Å²) < 4.78 is 10.7. The molecular formula is C9H15BrO3. The van der Waals surface area contributed by atoms with Crippen LogP contribution in [0.15, 0.2) is 0 Å². The van der Waals surface area contributed by atoms with E-state index in [4.69, 9.17) is 9.47 Å². The van der Waals surface area contributed by atoms with Gasteiger partial charge in [0.2, 0.25) is 6.29 Å². The van der Waals surface area contributed by atoms with Gasteiger partial charge in [0.1, 0.15) is 0 Å². The summed E-state index contributed by atoms with van der Waals surface area (Å²) in [6, 6.07) is 0. The van der Waals surface area contributed by atoms with Crippen LogP contribution >= 0.6 is 15.9 Å². The molecule has 0 bridgehead atoms. The maximum absolute atomic E-state index is 11.4. The Balaban J connectivity index is 2.77. The molecule has 1 aliphatic heterocycles. The highest BCUT2D eigenvalue weighted by atomic mass is 79.9. The molecule has 0 radical (unpaired) electrons. The van der Waals surface area contributed by atoms with Crippen molar-refractivity contribution >= 4 is 21.9 Å². The van der Waals surface area contributed by atoms with E-state index in [0.29, 0.717) is 5.33 Å². The van der Waals surface area contributed by atoms with Crippen molar-refractivity contribution in [2.24, 2.45) is 5.41 Å². The molecule has 1 saturated heterocycles. The highest BCUT2D eigenvalue weighted by Crippen LogP contribution is 2.35. The first-order valence-electron chi connectivity index (χ1n) is 4.24. The van der Waals surface area contributed by atoms with Crippen LogP contribution in [-0.2, 0) is 14.3 Å². The first-order chi connectivity index (χ1) is 5.79. The molecule has 0 amide bonds. The second-order valence-electron chi connectivity index (χ2n) is 4.59. The van der Waals surface area contributed by atoms with Crippen LogP contribution in [0.3, 0.4) is 0 Å². The Hall–Kier alpha value is -0.0900.